The van der Waals surface area contributed by atoms with Gasteiger partial charge in [-0.2, -0.15) is 0 Å². The van der Waals surface area contributed by atoms with E-state index in [1.54, 1.807) is 6.26 Å². The van der Waals surface area contributed by atoms with Crippen molar-refractivity contribution < 1.29 is 4.42 Å². The van der Waals surface area contributed by atoms with Crippen LogP contribution in [0.4, 0.5) is 0 Å². The molecule has 0 fully saturated rings. The molecule has 0 saturated carbocycles. The fraction of sp³-hybridized carbons (Fsp3) is 0.310. The molecule has 5 aromatic rings. The summed E-state index contributed by atoms with van der Waals surface area (Å²) in [5, 5.41) is 13.8. The van der Waals surface area contributed by atoms with Crippen molar-refractivity contribution in [3.8, 4) is 0 Å². The molecule has 8 heteroatoms. The van der Waals surface area contributed by atoms with Gasteiger partial charge < -0.3 is 9.40 Å². The number of pyridine rings is 1. The molecule has 3 aromatic heterocycles. The number of H-pyrrole nitrogens is 1. The minimum absolute atomic E-state index is 0.0877. The summed E-state index contributed by atoms with van der Waals surface area (Å²) in [6.45, 7) is 9.89. The molecule has 2 aromatic carbocycles. The van der Waals surface area contributed by atoms with E-state index >= 15 is 0 Å². The Morgan fingerprint density at radius 2 is 1.84 bits per heavy atom. The maximum absolute atomic E-state index is 13.2. The summed E-state index contributed by atoms with van der Waals surface area (Å²) in [7, 11) is 0. The lowest BCUT2D eigenvalue weighted by atomic mass is 9.99. The van der Waals surface area contributed by atoms with Crippen LogP contribution in [0.2, 0.25) is 0 Å². The predicted octanol–water partition coefficient (Wildman–Crippen LogP) is 5.17. The molecule has 0 aliphatic rings. The molecule has 0 aliphatic carbocycles. The summed E-state index contributed by atoms with van der Waals surface area (Å²) in [6, 6.07) is 20.0. The first kappa shape index (κ1) is 24.6. The number of nitrogens with zero attached hydrogens (tertiary/aromatic N) is 5. The van der Waals surface area contributed by atoms with Crippen LogP contribution in [0.15, 0.2) is 76.1 Å². The molecule has 1 N–H and O–H groups in total. The zero-order chi connectivity index (χ0) is 25.9. The molecule has 0 amide bonds. The van der Waals surface area contributed by atoms with Crippen LogP contribution in [-0.2, 0) is 19.6 Å². The summed E-state index contributed by atoms with van der Waals surface area (Å²) in [5.74, 6) is 1.74. The fourth-order valence-electron chi connectivity index (χ4n) is 5.10. The maximum atomic E-state index is 13.2. The minimum Gasteiger partial charge on any atom is -0.468 e. The van der Waals surface area contributed by atoms with Gasteiger partial charge in [-0.25, -0.2) is 4.68 Å². The number of fused-ring (bicyclic) bond motifs is 1. The summed E-state index contributed by atoms with van der Waals surface area (Å²) >= 11 is 0. The van der Waals surface area contributed by atoms with E-state index in [0.717, 1.165) is 39.2 Å². The third kappa shape index (κ3) is 5.39. The fourth-order valence-corrected chi connectivity index (χ4v) is 5.10. The second-order valence-electron chi connectivity index (χ2n) is 10.0. The Hall–Kier alpha value is -4.04. The molecular formula is C29H32N6O2. The molecular weight excluding hydrogens is 464 g/mol. The van der Waals surface area contributed by atoms with Gasteiger partial charge in [0.15, 0.2) is 5.82 Å². The van der Waals surface area contributed by atoms with E-state index in [2.05, 4.69) is 70.4 Å². The Bertz CT molecular complexity index is 1540. The highest BCUT2D eigenvalue weighted by Gasteiger charge is 2.30. The van der Waals surface area contributed by atoms with Gasteiger partial charge >= 0.3 is 0 Å². The zero-order valence-electron chi connectivity index (χ0n) is 21.7. The normalized spacial score (nSPS) is 12.6. The average Bonchev–Trinajstić information content (AvgIpc) is 3.53. The van der Waals surface area contributed by atoms with Gasteiger partial charge in [0.1, 0.15) is 5.76 Å². The Morgan fingerprint density at radius 3 is 2.57 bits per heavy atom. The zero-order valence-corrected chi connectivity index (χ0v) is 21.7. The molecule has 0 aliphatic heterocycles. The lowest BCUT2D eigenvalue weighted by Gasteiger charge is -2.33. The number of aromatic amines is 1. The van der Waals surface area contributed by atoms with Crippen molar-refractivity contribution in [2.24, 2.45) is 5.92 Å². The third-order valence-corrected chi connectivity index (χ3v) is 6.71. The number of nitrogens with one attached hydrogen (secondary N) is 1. The first-order valence-corrected chi connectivity index (χ1v) is 12.6. The van der Waals surface area contributed by atoms with Gasteiger partial charge in [0, 0.05) is 12.1 Å². The quantitative estimate of drug-likeness (QED) is 0.303. The third-order valence-electron chi connectivity index (χ3n) is 6.71. The summed E-state index contributed by atoms with van der Waals surface area (Å²) in [5.41, 5.74) is 4.82. The summed E-state index contributed by atoms with van der Waals surface area (Å²) < 4.78 is 7.57. The van der Waals surface area contributed by atoms with Crippen molar-refractivity contribution in [2.45, 2.75) is 53.4 Å². The van der Waals surface area contributed by atoms with E-state index in [1.807, 2.05) is 48.0 Å². The van der Waals surface area contributed by atoms with Crippen molar-refractivity contribution in [1.29, 1.82) is 0 Å². The number of benzene rings is 2. The highest BCUT2D eigenvalue weighted by Crippen LogP contribution is 2.31. The summed E-state index contributed by atoms with van der Waals surface area (Å²) in [6.07, 6.45) is 1.67. The molecule has 0 radical (unpaired) electrons. The topological polar surface area (TPSA) is 92.8 Å². The molecule has 0 saturated heterocycles. The number of hydrogen-bond acceptors (Lipinski definition) is 6. The van der Waals surface area contributed by atoms with Crippen molar-refractivity contribution in [1.82, 2.24) is 30.1 Å². The summed E-state index contributed by atoms with van der Waals surface area (Å²) in [4.78, 5) is 18.6. The number of furan rings is 1. The Kier molecular flexibility index (Phi) is 7.01. The van der Waals surface area contributed by atoms with E-state index < -0.39 is 0 Å². The molecule has 8 nitrogen and oxygen atoms in total. The van der Waals surface area contributed by atoms with Crippen LogP contribution in [0.3, 0.4) is 0 Å². The standard InChI is InChI=1S/C29H32N6O2/c1-19(2)27(28-31-32-33-35(28)16-22-9-6-5-7-10-22)34(18-25-11-8-12-37-25)17-24-15-23-14-20(3)13-21(4)26(23)30-29(24)36/h5-15,19,27H,16-18H2,1-4H3,(H,30,36). The van der Waals surface area contributed by atoms with E-state index in [9.17, 15) is 4.79 Å². The van der Waals surface area contributed by atoms with Gasteiger partial charge in [0.25, 0.3) is 5.56 Å². The van der Waals surface area contributed by atoms with Crippen molar-refractivity contribution in [3.05, 3.63) is 111 Å². The molecule has 5 rings (SSSR count). The second-order valence-corrected chi connectivity index (χ2v) is 10.0. The first-order chi connectivity index (χ1) is 17.9. The number of aromatic nitrogens is 5. The number of rotatable bonds is 9. The van der Waals surface area contributed by atoms with Crippen molar-refractivity contribution in [3.63, 3.8) is 0 Å². The second kappa shape index (κ2) is 10.5. The number of tetrazole rings is 1. The Morgan fingerprint density at radius 1 is 1.03 bits per heavy atom. The lowest BCUT2D eigenvalue weighted by Crippen LogP contribution is -2.35. The van der Waals surface area contributed by atoms with E-state index in [0.29, 0.717) is 25.2 Å². The van der Waals surface area contributed by atoms with Gasteiger partial charge in [0.05, 0.1) is 30.9 Å². The van der Waals surface area contributed by atoms with Crippen LogP contribution in [0.1, 0.15) is 53.7 Å². The highest BCUT2D eigenvalue weighted by molar-refractivity contribution is 5.82. The van der Waals surface area contributed by atoms with E-state index in [1.165, 1.54) is 0 Å². The average molecular weight is 497 g/mol. The monoisotopic (exact) mass is 496 g/mol. The van der Waals surface area contributed by atoms with Crippen LogP contribution >= 0.6 is 0 Å². The molecule has 190 valence electrons. The van der Waals surface area contributed by atoms with E-state index in [4.69, 9.17) is 4.42 Å². The van der Waals surface area contributed by atoms with Gasteiger partial charge in [-0.1, -0.05) is 55.8 Å². The van der Waals surface area contributed by atoms with Crippen LogP contribution in [0.5, 0.6) is 0 Å². The van der Waals surface area contributed by atoms with Crippen molar-refractivity contribution >= 4 is 10.9 Å². The Balaban J connectivity index is 1.55. The minimum atomic E-state index is -0.154. The SMILES string of the molecule is Cc1cc(C)c2[nH]c(=O)c(CN(Cc3ccco3)C(c3nnnn3Cc3ccccc3)C(C)C)cc2c1. The molecule has 1 atom stereocenters. The lowest BCUT2D eigenvalue weighted by molar-refractivity contribution is 0.116. The molecule has 3 heterocycles. The molecule has 37 heavy (non-hydrogen) atoms. The number of aryl methyl sites for hydroxylation is 2. The largest absolute Gasteiger partial charge is 0.468 e. The van der Waals surface area contributed by atoms with Crippen LogP contribution in [-0.4, -0.2) is 30.1 Å². The number of hydrogen-bond donors (Lipinski definition) is 1. The molecule has 0 spiro atoms. The smallest absolute Gasteiger partial charge is 0.252 e. The first-order valence-electron chi connectivity index (χ1n) is 12.6. The van der Waals surface area contributed by atoms with Crippen LogP contribution in [0, 0.1) is 19.8 Å². The van der Waals surface area contributed by atoms with Gasteiger partial charge in [-0.15, -0.1) is 5.10 Å². The predicted molar refractivity (Wildman–Crippen MR) is 143 cm³/mol. The van der Waals surface area contributed by atoms with Gasteiger partial charge in [-0.05, 0) is 71.0 Å². The van der Waals surface area contributed by atoms with E-state index in [-0.39, 0.29) is 17.5 Å². The molecule has 1 unspecified atom stereocenters. The van der Waals surface area contributed by atoms with Gasteiger partial charge in [0.2, 0.25) is 0 Å². The van der Waals surface area contributed by atoms with Crippen LogP contribution < -0.4 is 5.56 Å². The Labute approximate surface area is 215 Å². The highest BCUT2D eigenvalue weighted by atomic mass is 16.3. The maximum Gasteiger partial charge on any atom is 0.252 e. The van der Waals surface area contributed by atoms with Crippen molar-refractivity contribution in [2.75, 3.05) is 0 Å². The van der Waals surface area contributed by atoms with Gasteiger partial charge in [-0.3, -0.25) is 9.69 Å². The van der Waals surface area contributed by atoms with Crippen LogP contribution in [0.25, 0.3) is 10.9 Å². The molecule has 0 bridgehead atoms.